The molecular formula is C19H18FN3O2S. The summed E-state index contributed by atoms with van der Waals surface area (Å²) < 4.78 is 18.3. The first-order valence-electron chi connectivity index (χ1n) is 8.19. The molecule has 26 heavy (non-hydrogen) atoms. The van der Waals surface area contributed by atoms with Gasteiger partial charge in [0.15, 0.2) is 5.16 Å². The molecule has 0 amide bonds. The molecule has 0 bridgehead atoms. The Kier molecular flexibility index (Phi) is 6.01. The lowest BCUT2D eigenvalue weighted by Crippen LogP contribution is -2.17. The first kappa shape index (κ1) is 18.1. The molecule has 3 aromatic rings. The van der Waals surface area contributed by atoms with E-state index < -0.39 is 0 Å². The van der Waals surface area contributed by atoms with Gasteiger partial charge < -0.3 is 4.74 Å². The van der Waals surface area contributed by atoms with Crippen LogP contribution in [0.3, 0.4) is 0 Å². The lowest BCUT2D eigenvalue weighted by molar-refractivity contribution is 0.340. The van der Waals surface area contributed by atoms with E-state index in [1.165, 1.54) is 23.9 Å². The number of aromatic nitrogens is 3. The van der Waals surface area contributed by atoms with Gasteiger partial charge in [0.2, 0.25) is 0 Å². The Balaban J connectivity index is 1.63. The van der Waals surface area contributed by atoms with Crippen LogP contribution in [0.25, 0.3) is 0 Å². The molecule has 0 aliphatic carbocycles. The fourth-order valence-corrected chi connectivity index (χ4v) is 3.08. The van der Waals surface area contributed by atoms with E-state index >= 15 is 0 Å². The van der Waals surface area contributed by atoms with Crippen LogP contribution in [-0.4, -0.2) is 21.8 Å². The zero-order chi connectivity index (χ0) is 18.4. The standard InChI is InChI=1S/C19H18FN3O2S/c1-2-25-16-9-5-13(6-10-16)11-17-18(24)21-19(23-22-17)26-12-14-3-7-15(20)8-4-14/h3-10H,2,11-12H2,1H3,(H,21,23,24). The summed E-state index contributed by atoms with van der Waals surface area (Å²) in [6.07, 6.45) is 0.400. The summed E-state index contributed by atoms with van der Waals surface area (Å²) in [5.74, 6) is 1.10. The monoisotopic (exact) mass is 371 g/mol. The van der Waals surface area contributed by atoms with Crippen molar-refractivity contribution in [3.8, 4) is 5.75 Å². The van der Waals surface area contributed by atoms with Crippen molar-refractivity contribution >= 4 is 11.8 Å². The van der Waals surface area contributed by atoms with Crippen molar-refractivity contribution < 1.29 is 9.13 Å². The van der Waals surface area contributed by atoms with Crippen molar-refractivity contribution in [3.63, 3.8) is 0 Å². The van der Waals surface area contributed by atoms with Gasteiger partial charge in [-0.3, -0.25) is 9.78 Å². The fourth-order valence-electron chi connectivity index (χ4n) is 2.32. The van der Waals surface area contributed by atoms with E-state index in [0.717, 1.165) is 16.9 Å². The average molecular weight is 371 g/mol. The lowest BCUT2D eigenvalue weighted by Gasteiger charge is -2.05. The van der Waals surface area contributed by atoms with Crippen molar-refractivity contribution in [3.05, 3.63) is 81.5 Å². The molecule has 2 aromatic carbocycles. The van der Waals surface area contributed by atoms with Crippen LogP contribution in [0.1, 0.15) is 23.7 Å². The maximum Gasteiger partial charge on any atom is 0.273 e. The molecule has 3 rings (SSSR count). The highest BCUT2D eigenvalue weighted by Crippen LogP contribution is 2.18. The number of aromatic amines is 1. The summed E-state index contributed by atoms with van der Waals surface area (Å²) in [4.78, 5) is 15.0. The van der Waals surface area contributed by atoms with E-state index in [1.807, 2.05) is 31.2 Å². The lowest BCUT2D eigenvalue weighted by atomic mass is 10.1. The molecule has 0 saturated carbocycles. The number of hydrogen-bond acceptors (Lipinski definition) is 5. The van der Waals surface area contributed by atoms with Crippen molar-refractivity contribution in [2.75, 3.05) is 6.61 Å². The highest BCUT2D eigenvalue weighted by molar-refractivity contribution is 7.98. The molecule has 1 aromatic heterocycles. The van der Waals surface area contributed by atoms with Gasteiger partial charge in [0.05, 0.1) is 6.61 Å². The highest BCUT2D eigenvalue weighted by Gasteiger charge is 2.07. The SMILES string of the molecule is CCOc1ccc(Cc2nnc(SCc3ccc(F)cc3)[nH]c2=O)cc1. The van der Waals surface area contributed by atoms with Crippen molar-refractivity contribution in [2.24, 2.45) is 0 Å². The number of thioether (sulfide) groups is 1. The third kappa shape index (κ3) is 4.92. The number of nitrogens with one attached hydrogen (secondary N) is 1. The molecule has 0 spiro atoms. The molecule has 0 fully saturated rings. The predicted molar refractivity (Wildman–Crippen MR) is 99.0 cm³/mol. The average Bonchev–Trinajstić information content (AvgIpc) is 2.65. The molecule has 0 atom stereocenters. The molecule has 0 radical (unpaired) electrons. The second kappa shape index (κ2) is 8.62. The van der Waals surface area contributed by atoms with Crippen LogP contribution in [0.15, 0.2) is 58.5 Å². The van der Waals surface area contributed by atoms with E-state index in [-0.39, 0.29) is 11.4 Å². The van der Waals surface area contributed by atoms with Gasteiger partial charge in [0.25, 0.3) is 5.56 Å². The second-order valence-corrected chi connectivity index (χ2v) is 6.54. The molecule has 5 nitrogen and oxygen atoms in total. The van der Waals surface area contributed by atoms with Gasteiger partial charge >= 0.3 is 0 Å². The molecule has 134 valence electrons. The smallest absolute Gasteiger partial charge is 0.273 e. The molecule has 0 saturated heterocycles. The van der Waals surface area contributed by atoms with Crippen LogP contribution >= 0.6 is 11.8 Å². The first-order valence-corrected chi connectivity index (χ1v) is 9.17. The largest absolute Gasteiger partial charge is 0.494 e. The van der Waals surface area contributed by atoms with Crippen LogP contribution in [0.4, 0.5) is 4.39 Å². The second-order valence-electron chi connectivity index (χ2n) is 5.57. The van der Waals surface area contributed by atoms with E-state index in [2.05, 4.69) is 15.2 Å². The zero-order valence-electron chi connectivity index (χ0n) is 14.2. The Bertz CT molecular complexity index is 911. The summed E-state index contributed by atoms with van der Waals surface area (Å²) in [5, 5.41) is 8.57. The quantitative estimate of drug-likeness (QED) is 0.643. The van der Waals surface area contributed by atoms with E-state index in [4.69, 9.17) is 4.74 Å². The Labute approximate surface area is 154 Å². The van der Waals surface area contributed by atoms with Gasteiger partial charge in [-0.15, -0.1) is 10.2 Å². The van der Waals surface area contributed by atoms with E-state index in [1.54, 1.807) is 12.1 Å². The van der Waals surface area contributed by atoms with Crippen LogP contribution < -0.4 is 10.3 Å². The normalized spacial score (nSPS) is 10.7. The summed E-state index contributed by atoms with van der Waals surface area (Å²) in [7, 11) is 0. The number of benzene rings is 2. The van der Waals surface area contributed by atoms with Crippen LogP contribution in [0.2, 0.25) is 0 Å². The molecule has 1 N–H and O–H groups in total. The number of hydrogen-bond donors (Lipinski definition) is 1. The van der Waals surface area contributed by atoms with Crippen LogP contribution in [0, 0.1) is 5.82 Å². The Morgan fingerprint density at radius 1 is 1.04 bits per heavy atom. The molecule has 0 aliphatic heterocycles. The first-order chi connectivity index (χ1) is 12.6. The van der Waals surface area contributed by atoms with Crippen molar-refractivity contribution in [2.45, 2.75) is 24.3 Å². The molecule has 0 unspecified atom stereocenters. The number of H-pyrrole nitrogens is 1. The Morgan fingerprint density at radius 2 is 1.73 bits per heavy atom. The zero-order valence-corrected chi connectivity index (χ0v) is 15.1. The summed E-state index contributed by atoms with van der Waals surface area (Å²) in [5.41, 5.74) is 2.01. The third-order valence-corrected chi connectivity index (χ3v) is 4.57. The summed E-state index contributed by atoms with van der Waals surface area (Å²) in [6.45, 7) is 2.54. The van der Waals surface area contributed by atoms with Gasteiger partial charge in [-0.05, 0) is 42.3 Å². The van der Waals surface area contributed by atoms with Crippen LogP contribution in [0.5, 0.6) is 5.75 Å². The van der Waals surface area contributed by atoms with Gasteiger partial charge in [0.1, 0.15) is 17.3 Å². The Hall–Kier alpha value is -2.67. The Morgan fingerprint density at radius 3 is 2.38 bits per heavy atom. The fraction of sp³-hybridized carbons (Fsp3) is 0.211. The highest BCUT2D eigenvalue weighted by atomic mass is 32.2. The molecule has 7 heteroatoms. The molecule has 0 aliphatic rings. The van der Waals surface area contributed by atoms with Gasteiger partial charge in [-0.2, -0.15) is 0 Å². The minimum Gasteiger partial charge on any atom is -0.494 e. The maximum absolute atomic E-state index is 12.9. The van der Waals surface area contributed by atoms with Crippen molar-refractivity contribution in [1.82, 2.24) is 15.2 Å². The number of nitrogens with zero attached hydrogens (tertiary/aromatic N) is 2. The summed E-state index contributed by atoms with van der Waals surface area (Å²) >= 11 is 1.35. The number of rotatable bonds is 7. The van der Waals surface area contributed by atoms with Crippen LogP contribution in [-0.2, 0) is 12.2 Å². The number of ether oxygens (including phenoxy) is 1. The van der Waals surface area contributed by atoms with Gasteiger partial charge in [0, 0.05) is 12.2 Å². The van der Waals surface area contributed by atoms with E-state index in [0.29, 0.717) is 29.6 Å². The molecular weight excluding hydrogens is 353 g/mol. The number of halogens is 1. The van der Waals surface area contributed by atoms with Crippen molar-refractivity contribution in [1.29, 1.82) is 0 Å². The molecule has 1 heterocycles. The minimum atomic E-state index is -0.273. The maximum atomic E-state index is 12.9. The third-order valence-electron chi connectivity index (χ3n) is 3.64. The van der Waals surface area contributed by atoms with Gasteiger partial charge in [-0.1, -0.05) is 36.0 Å². The predicted octanol–water partition coefficient (Wildman–Crippen LogP) is 3.59. The van der Waals surface area contributed by atoms with Gasteiger partial charge in [-0.25, -0.2) is 4.39 Å². The topological polar surface area (TPSA) is 67.9 Å². The van der Waals surface area contributed by atoms with E-state index in [9.17, 15) is 9.18 Å². The summed E-state index contributed by atoms with van der Waals surface area (Å²) in [6, 6.07) is 13.8. The minimum absolute atomic E-state index is 0.254.